The van der Waals surface area contributed by atoms with Gasteiger partial charge in [-0.3, -0.25) is 9.59 Å². The summed E-state index contributed by atoms with van der Waals surface area (Å²) in [5.41, 5.74) is 1.78. The molecule has 0 fully saturated rings. The molecule has 5 nitrogen and oxygen atoms in total. The van der Waals surface area contributed by atoms with Crippen molar-refractivity contribution < 1.29 is 27.5 Å². The zero-order valence-corrected chi connectivity index (χ0v) is 14.7. The molecular weight excluding hydrogens is 369 g/mol. The quantitative estimate of drug-likeness (QED) is 0.739. The Balaban J connectivity index is 1.91. The van der Waals surface area contributed by atoms with Crippen LogP contribution in [0.15, 0.2) is 29.6 Å². The molecule has 1 N–H and O–H groups in total. The average Bonchev–Trinajstić information content (AvgIpc) is 3.02. The number of hydrogen-bond donors (Lipinski definition) is 1. The molecule has 2 aromatic rings. The number of esters is 1. The van der Waals surface area contributed by atoms with Gasteiger partial charge in [0.1, 0.15) is 0 Å². The Morgan fingerprint density at radius 3 is 2.54 bits per heavy atom. The molecule has 0 aliphatic heterocycles. The van der Waals surface area contributed by atoms with E-state index in [1.807, 2.05) is 5.38 Å². The highest BCUT2D eigenvalue weighted by Gasteiger charge is 2.26. The molecule has 140 valence electrons. The highest BCUT2D eigenvalue weighted by atomic mass is 32.1. The van der Waals surface area contributed by atoms with Crippen LogP contribution in [0.3, 0.4) is 0 Å². The summed E-state index contributed by atoms with van der Waals surface area (Å²) in [7, 11) is 0. The summed E-state index contributed by atoms with van der Waals surface area (Å²) in [6.45, 7) is 1.15. The third-order valence-electron chi connectivity index (χ3n) is 3.31. The Morgan fingerprint density at radius 2 is 1.92 bits per heavy atom. The van der Waals surface area contributed by atoms with Crippen molar-refractivity contribution in [3.63, 3.8) is 0 Å². The molecule has 1 aromatic heterocycles. The van der Waals surface area contributed by atoms with Gasteiger partial charge < -0.3 is 10.1 Å². The van der Waals surface area contributed by atoms with Crippen LogP contribution in [0.4, 0.5) is 13.2 Å². The minimum atomic E-state index is -4.30. The molecule has 0 unspecified atom stereocenters. The van der Waals surface area contributed by atoms with Crippen molar-refractivity contribution in [2.45, 2.75) is 25.9 Å². The molecule has 0 radical (unpaired) electrons. The van der Waals surface area contributed by atoms with Crippen LogP contribution in [-0.2, 0) is 16.0 Å². The number of benzene rings is 1. The van der Waals surface area contributed by atoms with E-state index < -0.39 is 25.0 Å². The van der Waals surface area contributed by atoms with Gasteiger partial charge in [-0.15, -0.1) is 11.3 Å². The van der Waals surface area contributed by atoms with Gasteiger partial charge in [0.15, 0.2) is 0 Å². The molecule has 1 aromatic carbocycles. The topological polar surface area (TPSA) is 68.3 Å². The standard InChI is InChI=1S/C17H17F3N2O3S/c1-11(23)25-9-6-15-22-14(10-26-15)12-2-4-13(5-3-12)16(24)21-8-7-17(18,19)20/h2-5,10H,6-9H2,1H3,(H,21,24). The second-order valence-electron chi connectivity index (χ2n) is 5.41. The molecule has 0 bridgehead atoms. The van der Waals surface area contributed by atoms with Crippen LogP contribution in [-0.4, -0.2) is 36.2 Å². The van der Waals surface area contributed by atoms with Crippen LogP contribution in [0.2, 0.25) is 0 Å². The van der Waals surface area contributed by atoms with Crippen molar-refractivity contribution >= 4 is 23.2 Å². The predicted molar refractivity (Wildman–Crippen MR) is 90.9 cm³/mol. The van der Waals surface area contributed by atoms with Crippen molar-refractivity contribution in [3.05, 3.63) is 40.2 Å². The molecule has 0 spiro atoms. The first-order valence-corrected chi connectivity index (χ1v) is 8.66. The zero-order chi connectivity index (χ0) is 19.2. The number of amides is 1. The van der Waals surface area contributed by atoms with Crippen molar-refractivity contribution in [2.75, 3.05) is 13.2 Å². The Morgan fingerprint density at radius 1 is 1.23 bits per heavy atom. The summed E-state index contributed by atoms with van der Waals surface area (Å²) in [4.78, 5) is 27.0. The van der Waals surface area contributed by atoms with E-state index in [-0.39, 0.29) is 18.1 Å². The minimum absolute atomic E-state index is 0.263. The highest BCUT2D eigenvalue weighted by molar-refractivity contribution is 7.09. The maximum absolute atomic E-state index is 12.1. The van der Waals surface area contributed by atoms with Crippen LogP contribution in [0.5, 0.6) is 0 Å². The van der Waals surface area contributed by atoms with Gasteiger partial charge in [0, 0.05) is 36.4 Å². The largest absolute Gasteiger partial charge is 0.465 e. The third kappa shape index (κ3) is 6.47. The molecule has 0 saturated heterocycles. The monoisotopic (exact) mass is 386 g/mol. The van der Waals surface area contributed by atoms with Gasteiger partial charge in [-0.25, -0.2) is 4.98 Å². The maximum atomic E-state index is 12.1. The molecule has 1 amide bonds. The van der Waals surface area contributed by atoms with Crippen molar-refractivity contribution in [3.8, 4) is 11.3 Å². The van der Waals surface area contributed by atoms with E-state index in [4.69, 9.17) is 4.74 Å². The lowest BCUT2D eigenvalue weighted by Crippen LogP contribution is -2.27. The number of rotatable bonds is 7. The van der Waals surface area contributed by atoms with Gasteiger partial charge in [0.05, 0.1) is 23.7 Å². The highest BCUT2D eigenvalue weighted by Crippen LogP contribution is 2.23. The lowest BCUT2D eigenvalue weighted by molar-refractivity contribution is -0.140. The third-order valence-corrected chi connectivity index (χ3v) is 4.22. The van der Waals surface area contributed by atoms with E-state index in [1.54, 1.807) is 12.1 Å². The summed E-state index contributed by atoms with van der Waals surface area (Å²) < 4.78 is 41.1. The molecule has 1 heterocycles. The second kappa shape index (κ2) is 8.79. The minimum Gasteiger partial charge on any atom is -0.465 e. The summed E-state index contributed by atoms with van der Waals surface area (Å²) in [6, 6.07) is 6.44. The van der Waals surface area contributed by atoms with E-state index in [1.165, 1.54) is 30.4 Å². The number of hydrogen-bond acceptors (Lipinski definition) is 5. The van der Waals surface area contributed by atoms with Gasteiger partial charge in [0.2, 0.25) is 0 Å². The summed E-state index contributed by atoms with van der Waals surface area (Å²) in [5.74, 6) is -0.896. The first-order valence-electron chi connectivity index (χ1n) is 7.78. The molecular formula is C17H17F3N2O3S. The first kappa shape index (κ1) is 19.9. The van der Waals surface area contributed by atoms with E-state index in [9.17, 15) is 22.8 Å². The number of carbonyl (C=O) groups is 2. The Bertz CT molecular complexity index is 757. The smallest absolute Gasteiger partial charge is 0.390 e. The normalized spacial score (nSPS) is 11.2. The lowest BCUT2D eigenvalue weighted by Gasteiger charge is -2.08. The van der Waals surface area contributed by atoms with Crippen molar-refractivity contribution in [1.82, 2.24) is 10.3 Å². The summed E-state index contributed by atoms with van der Waals surface area (Å²) in [6.07, 6.45) is -4.84. The molecule has 0 saturated carbocycles. The molecule has 9 heteroatoms. The first-order chi connectivity index (χ1) is 12.2. The fourth-order valence-electron chi connectivity index (χ4n) is 2.05. The van der Waals surface area contributed by atoms with E-state index in [2.05, 4.69) is 10.3 Å². The Hall–Kier alpha value is -2.42. The van der Waals surface area contributed by atoms with Crippen LogP contribution in [0.25, 0.3) is 11.3 Å². The van der Waals surface area contributed by atoms with Crippen LogP contribution in [0, 0.1) is 0 Å². The van der Waals surface area contributed by atoms with Gasteiger partial charge in [-0.1, -0.05) is 12.1 Å². The van der Waals surface area contributed by atoms with Gasteiger partial charge >= 0.3 is 12.1 Å². The summed E-state index contributed by atoms with van der Waals surface area (Å²) >= 11 is 1.43. The maximum Gasteiger partial charge on any atom is 0.390 e. The van der Waals surface area contributed by atoms with E-state index in [0.717, 1.165) is 16.3 Å². The van der Waals surface area contributed by atoms with Crippen LogP contribution >= 0.6 is 11.3 Å². The number of nitrogens with zero attached hydrogens (tertiary/aromatic N) is 1. The number of carbonyl (C=O) groups excluding carboxylic acids is 2. The molecule has 0 aliphatic carbocycles. The number of nitrogens with one attached hydrogen (secondary N) is 1. The number of thiazole rings is 1. The van der Waals surface area contributed by atoms with Crippen molar-refractivity contribution in [1.29, 1.82) is 0 Å². The Kier molecular flexibility index (Phi) is 6.73. The predicted octanol–water partition coefficient (Wildman–Crippen LogP) is 3.60. The van der Waals surface area contributed by atoms with Gasteiger partial charge in [0.25, 0.3) is 5.91 Å². The number of ether oxygens (including phenoxy) is 1. The molecule has 26 heavy (non-hydrogen) atoms. The lowest BCUT2D eigenvalue weighted by atomic mass is 10.1. The van der Waals surface area contributed by atoms with Crippen LogP contribution < -0.4 is 5.32 Å². The van der Waals surface area contributed by atoms with Gasteiger partial charge in [-0.05, 0) is 12.1 Å². The molecule has 2 rings (SSSR count). The Labute approximate surface area is 152 Å². The number of halogens is 3. The molecule has 0 atom stereocenters. The molecule has 0 aliphatic rings. The number of alkyl halides is 3. The SMILES string of the molecule is CC(=O)OCCc1nc(-c2ccc(C(=O)NCCC(F)(F)F)cc2)cs1. The fraction of sp³-hybridized carbons (Fsp3) is 0.353. The van der Waals surface area contributed by atoms with Gasteiger partial charge in [-0.2, -0.15) is 13.2 Å². The van der Waals surface area contributed by atoms with Crippen molar-refractivity contribution in [2.24, 2.45) is 0 Å². The second-order valence-corrected chi connectivity index (χ2v) is 6.36. The van der Waals surface area contributed by atoms with Crippen LogP contribution in [0.1, 0.15) is 28.7 Å². The zero-order valence-electron chi connectivity index (χ0n) is 13.9. The fourth-order valence-corrected chi connectivity index (χ4v) is 2.84. The number of aromatic nitrogens is 1. The average molecular weight is 386 g/mol. The van der Waals surface area contributed by atoms with E-state index in [0.29, 0.717) is 6.42 Å². The van der Waals surface area contributed by atoms with E-state index >= 15 is 0 Å². The summed E-state index contributed by atoms with van der Waals surface area (Å²) in [5, 5.41) is 4.90.